The normalized spacial score (nSPS) is 27.2. The number of rotatable bonds is 2. The van der Waals surface area contributed by atoms with Crippen molar-refractivity contribution in [2.45, 2.75) is 37.2 Å². The van der Waals surface area contributed by atoms with Crippen molar-refractivity contribution in [3.63, 3.8) is 0 Å². The molecule has 1 aromatic heterocycles. The average Bonchev–Trinajstić information content (AvgIpc) is 2.92. The van der Waals surface area contributed by atoms with Gasteiger partial charge in [0, 0.05) is 31.0 Å². The Bertz CT molecular complexity index is 580. The van der Waals surface area contributed by atoms with E-state index in [2.05, 4.69) is 11.4 Å². The molecule has 1 unspecified atom stereocenters. The summed E-state index contributed by atoms with van der Waals surface area (Å²) in [7, 11) is 0. The van der Waals surface area contributed by atoms with Crippen molar-refractivity contribution in [3.05, 3.63) is 23.9 Å². The van der Waals surface area contributed by atoms with Crippen LogP contribution in [-0.2, 0) is 9.47 Å². The minimum absolute atomic E-state index is 0.279. The maximum Gasteiger partial charge on any atom is 0.416 e. The molecule has 124 valence electrons. The summed E-state index contributed by atoms with van der Waals surface area (Å²) in [5, 5.41) is 3.42. The highest BCUT2D eigenvalue weighted by Gasteiger charge is 2.47. The van der Waals surface area contributed by atoms with Gasteiger partial charge in [-0.05, 0) is 31.5 Å². The van der Waals surface area contributed by atoms with Gasteiger partial charge in [-0.1, -0.05) is 6.07 Å². The molecular formula is C17H23N3O3. The zero-order chi connectivity index (χ0) is 15.7. The van der Waals surface area contributed by atoms with Gasteiger partial charge in [0.15, 0.2) is 0 Å². The zero-order valence-electron chi connectivity index (χ0n) is 13.3. The number of ether oxygens (including phenoxy) is 2. The molecule has 3 aliphatic rings. The monoisotopic (exact) mass is 317 g/mol. The van der Waals surface area contributed by atoms with Crippen LogP contribution in [0.5, 0.6) is 0 Å². The number of piperidine rings is 1. The molecule has 1 amide bonds. The third-order valence-electron chi connectivity index (χ3n) is 5.12. The molecule has 23 heavy (non-hydrogen) atoms. The van der Waals surface area contributed by atoms with Crippen molar-refractivity contribution >= 4 is 11.9 Å². The third-order valence-corrected chi connectivity index (χ3v) is 5.12. The second-order valence-corrected chi connectivity index (χ2v) is 6.71. The van der Waals surface area contributed by atoms with Crippen molar-refractivity contribution in [2.24, 2.45) is 0 Å². The van der Waals surface area contributed by atoms with Crippen molar-refractivity contribution in [2.75, 3.05) is 37.7 Å². The van der Waals surface area contributed by atoms with E-state index in [1.807, 2.05) is 12.1 Å². The minimum Gasteiger partial charge on any atom is -0.440 e. The molecule has 3 saturated heterocycles. The van der Waals surface area contributed by atoms with Gasteiger partial charge in [0.1, 0.15) is 11.4 Å². The summed E-state index contributed by atoms with van der Waals surface area (Å²) in [6.07, 6.45) is 3.57. The summed E-state index contributed by atoms with van der Waals surface area (Å²) in [4.78, 5) is 18.8. The molecule has 3 aliphatic heterocycles. The fraction of sp³-hybridized carbons (Fsp3) is 0.647. The molecule has 3 fully saturated rings. The van der Waals surface area contributed by atoms with E-state index in [4.69, 9.17) is 14.5 Å². The molecule has 6 heteroatoms. The lowest BCUT2D eigenvalue weighted by Gasteiger charge is -2.30. The SMILES string of the molecule is O=C1OC2(CCOCC2)CN1c1cccc(C2CCCNC2)n1. The highest BCUT2D eigenvalue weighted by atomic mass is 16.6. The van der Waals surface area contributed by atoms with Gasteiger partial charge in [0.2, 0.25) is 0 Å². The number of aromatic nitrogens is 1. The summed E-state index contributed by atoms with van der Waals surface area (Å²) < 4.78 is 11.1. The molecule has 6 nitrogen and oxygen atoms in total. The largest absolute Gasteiger partial charge is 0.440 e. The van der Waals surface area contributed by atoms with Crippen LogP contribution in [0.3, 0.4) is 0 Å². The summed E-state index contributed by atoms with van der Waals surface area (Å²) in [5.74, 6) is 1.14. The predicted octanol–water partition coefficient (Wildman–Crippen LogP) is 2.05. The first-order valence-electron chi connectivity index (χ1n) is 8.52. The van der Waals surface area contributed by atoms with Gasteiger partial charge < -0.3 is 14.8 Å². The Labute approximate surface area is 136 Å². The Morgan fingerprint density at radius 3 is 2.96 bits per heavy atom. The van der Waals surface area contributed by atoms with E-state index < -0.39 is 0 Å². The summed E-state index contributed by atoms with van der Waals surface area (Å²) in [6.45, 7) is 3.93. The van der Waals surface area contributed by atoms with E-state index in [1.54, 1.807) is 4.90 Å². The van der Waals surface area contributed by atoms with Crippen molar-refractivity contribution in [1.29, 1.82) is 0 Å². The fourth-order valence-corrected chi connectivity index (χ4v) is 3.72. The van der Waals surface area contributed by atoms with Crippen LogP contribution in [0.2, 0.25) is 0 Å². The predicted molar refractivity (Wildman–Crippen MR) is 85.7 cm³/mol. The Kier molecular flexibility index (Phi) is 3.95. The number of hydrogen-bond acceptors (Lipinski definition) is 5. The summed E-state index contributed by atoms with van der Waals surface area (Å²) in [6, 6.07) is 5.96. The van der Waals surface area contributed by atoms with E-state index in [-0.39, 0.29) is 11.7 Å². The van der Waals surface area contributed by atoms with Gasteiger partial charge in [-0.25, -0.2) is 9.78 Å². The van der Waals surface area contributed by atoms with Crippen LogP contribution in [-0.4, -0.2) is 49.5 Å². The van der Waals surface area contributed by atoms with Crippen LogP contribution < -0.4 is 10.2 Å². The number of nitrogens with one attached hydrogen (secondary N) is 1. The quantitative estimate of drug-likeness (QED) is 0.904. The number of anilines is 1. The van der Waals surface area contributed by atoms with Crippen LogP contribution in [0.25, 0.3) is 0 Å². The number of amides is 1. The molecule has 1 aromatic rings. The summed E-state index contributed by atoms with van der Waals surface area (Å²) in [5.41, 5.74) is 0.676. The van der Waals surface area contributed by atoms with E-state index in [9.17, 15) is 4.79 Å². The van der Waals surface area contributed by atoms with Crippen molar-refractivity contribution in [3.8, 4) is 0 Å². The Balaban J connectivity index is 1.54. The molecule has 0 aromatic carbocycles. The minimum atomic E-state index is -0.389. The Morgan fingerprint density at radius 2 is 2.17 bits per heavy atom. The number of pyridine rings is 1. The van der Waals surface area contributed by atoms with E-state index in [0.717, 1.165) is 38.0 Å². The fourth-order valence-electron chi connectivity index (χ4n) is 3.72. The van der Waals surface area contributed by atoms with Gasteiger partial charge in [-0.2, -0.15) is 0 Å². The second-order valence-electron chi connectivity index (χ2n) is 6.71. The molecule has 0 bridgehead atoms. The molecular weight excluding hydrogens is 294 g/mol. The van der Waals surface area contributed by atoms with E-state index in [1.165, 1.54) is 6.42 Å². The first-order chi connectivity index (χ1) is 11.3. The highest BCUT2D eigenvalue weighted by Crippen LogP contribution is 2.35. The van der Waals surface area contributed by atoms with Gasteiger partial charge in [-0.15, -0.1) is 0 Å². The average molecular weight is 317 g/mol. The topological polar surface area (TPSA) is 63.7 Å². The van der Waals surface area contributed by atoms with E-state index in [0.29, 0.717) is 31.5 Å². The molecule has 0 aliphatic carbocycles. The van der Waals surface area contributed by atoms with Crippen LogP contribution in [0.4, 0.5) is 10.6 Å². The summed E-state index contributed by atoms with van der Waals surface area (Å²) >= 11 is 0. The van der Waals surface area contributed by atoms with Gasteiger partial charge >= 0.3 is 6.09 Å². The second kappa shape index (κ2) is 6.09. The molecule has 0 saturated carbocycles. The highest BCUT2D eigenvalue weighted by molar-refractivity contribution is 5.89. The van der Waals surface area contributed by atoms with Crippen molar-refractivity contribution < 1.29 is 14.3 Å². The molecule has 0 radical (unpaired) electrons. The molecule has 4 rings (SSSR count). The number of nitrogens with zero attached hydrogens (tertiary/aromatic N) is 2. The molecule has 1 atom stereocenters. The zero-order valence-corrected chi connectivity index (χ0v) is 13.3. The van der Waals surface area contributed by atoms with Crippen LogP contribution in [0, 0.1) is 0 Å². The Morgan fingerprint density at radius 1 is 1.30 bits per heavy atom. The maximum atomic E-state index is 12.3. The maximum absolute atomic E-state index is 12.3. The third kappa shape index (κ3) is 2.93. The lowest BCUT2D eigenvalue weighted by molar-refractivity contribution is -0.0431. The van der Waals surface area contributed by atoms with Crippen LogP contribution >= 0.6 is 0 Å². The lowest BCUT2D eigenvalue weighted by Crippen LogP contribution is -2.40. The standard InChI is InChI=1S/C17H23N3O3/c21-16-20(12-17(23-16)6-9-22-10-7-17)15-5-1-4-14(19-15)13-3-2-8-18-11-13/h1,4-5,13,18H,2-3,6-12H2. The first-order valence-corrected chi connectivity index (χ1v) is 8.52. The van der Waals surface area contributed by atoms with Crippen molar-refractivity contribution in [1.82, 2.24) is 10.3 Å². The smallest absolute Gasteiger partial charge is 0.416 e. The van der Waals surface area contributed by atoms with Crippen LogP contribution in [0.1, 0.15) is 37.3 Å². The van der Waals surface area contributed by atoms with Gasteiger partial charge in [0.25, 0.3) is 0 Å². The Hall–Kier alpha value is -1.66. The molecule has 4 heterocycles. The number of hydrogen-bond donors (Lipinski definition) is 1. The lowest BCUT2D eigenvalue weighted by atomic mass is 9.94. The van der Waals surface area contributed by atoms with Crippen LogP contribution in [0.15, 0.2) is 18.2 Å². The first kappa shape index (κ1) is 14.9. The molecule has 1 N–H and O–H groups in total. The molecule has 1 spiro atoms. The number of carbonyl (C=O) groups excluding carboxylic acids is 1. The van der Waals surface area contributed by atoms with Gasteiger partial charge in [-0.3, -0.25) is 4.90 Å². The van der Waals surface area contributed by atoms with E-state index >= 15 is 0 Å². The van der Waals surface area contributed by atoms with Gasteiger partial charge in [0.05, 0.1) is 19.8 Å². The number of carbonyl (C=O) groups is 1.